The molecular formula is C9H20BrNO2S. The third-order valence-corrected chi connectivity index (χ3v) is 4.10. The normalized spacial score (nSPS) is 16.6. The van der Waals surface area contributed by atoms with Crippen molar-refractivity contribution in [1.29, 1.82) is 0 Å². The fourth-order valence-electron chi connectivity index (χ4n) is 1.18. The van der Waals surface area contributed by atoms with Crippen molar-refractivity contribution in [2.75, 3.05) is 18.1 Å². The third-order valence-electron chi connectivity index (χ3n) is 2.02. The molecule has 0 heterocycles. The molecule has 86 valence electrons. The Hall–Kier alpha value is 0.390. The lowest BCUT2D eigenvalue weighted by molar-refractivity contribution is 0.528. The number of nitrogens with one attached hydrogen (secondary N) is 1. The summed E-state index contributed by atoms with van der Waals surface area (Å²) in [6.45, 7) is 6.38. The van der Waals surface area contributed by atoms with Gasteiger partial charge in [0.1, 0.15) is 0 Å². The molecule has 5 heteroatoms. The van der Waals surface area contributed by atoms with Gasteiger partial charge in [-0.2, -0.15) is 0 Å². The van der Waals surface area contributed by atoms with E-state index in [-0.39, 0.29) is 11.5 Å². The molecule has 0 aromatic carbocycles. The van der Waals surface area contributed by atoms with E-state index in [0.29, 0.717) is 17.4 Å². The molecule has 0 saturated heterocycles. The molecule has 0 spiro atoms. The summed E-state index contributed by atoms with van der Waals surface area (Å²) < 4.78 is 22.3. The molecule has 0 bridgehead atoms. The van der Waals surface area contributed by atoms with Gasteiger partial charge in [0.15, 0.2) is 9.84 Å². The van der Waals surface area contributed by atoms with E-state index in [0.717, 1.165) is 6.42 Å². The second-order valence-electron chi connectivity index (χ2n) is 3.61. The third kappa shape index (κ3) is 7.76. The Balaban J connectivity index is 3.64. The Kier molecular flexibility index (Phi) is 6.99. The van der Waals surface area contributed by atoms with Crippen molar-refractivity contribution in [2.24, 2.45) is 0 Å². The fraction of sp³-hybridized carbons (Fsp3) is 1.00. The lowest BCUT2D eigenvalue weighted by atomic mass is 10.2. The minimum Gasteiger partial charge on any atom is -0.313 e. The molecule has 2 atom stereocenters. The SMILES string of the molecule is CCS(=O)(=O)CCNC(C)CC(C)Br. The van der Waals surface area contributed by atoms with Gasteiger partial charge in [-0.15, -0.1) is 0 Å². The van der Waals surface area contributed by atoms with E-state index in [1.165, 1.54) is 0 Å². The first-order valence-electron chi connectivity index (χ1n) is 4.95. The summed E-state index contributed by atoms with van der Waals surface area (Å²) in [6, 6.07) is 0.358. The van der Waals surface area contributed by atoms with Gasteiger partial charge in [-0.25, -0.2) is 8.42 Å². The van der Waals surface area contributed by atoms with Gasteiger partial charge in [0.05, 0.1) is 5.75 Å². The smallest absolute Gasteiger partial charge is 0.151 e. The van der Waals surface area contributed by atoms with Gasteiger partial charge in [0.2, 0.25) is 0 Å². The van der Waals surface area contributed by atoms with E-state index in [9.17, 15) is 8.42 Å². The molecule has 0 aliphatic heterocycles. The van der Waals surface area contributed by atoms with E-state index in [4.69, 9.17) is 0 Å². The first kappa shape index (κ1) is 14.4. The molecule has 0 aliphatic carbocycles. The number of sulfone groups is 1. The maximum atomic E-state index is 11.2. The van der Waals surface area contributed by atoms with E-state index in [2.05, 4.69) is 35.1 Å². The van der Waals surface area contributed by atoms with Gasteiger partial charge < -0.3 is 5.32 Å². The van der Waals surface area contributed by atoms with Crippen molar-refractivity contribution in [2.45, 2.75) is 38.1 Å². The van der Waals surface area contributed by atoms with Crippen LogP contribution in [0, 0.1) is 0 Å². The topological polar surface area (TPSA) is 46.2 Å². The van der Waals surface area contributed by atoms with E-state index < -0.39 is 9.84 Å². The summed E-state index contributed by atoms with van der Waals surface area (Å²) in [5, 5.41) is 3.20. The van der Waals surface area contributed by atoms with Crippen molar-refractivity contribution in [1.82, 2.24) is 5.32 Å². The van der Waals surface area contributed by atoms with Crippen LogP contribution in [0.4, 0.5) is 0 Å². The van der Waals surface area contributed by atoms with Crippen molar-refractivity contribution in [3.63, 3.8) is 0 Å². The number of hydrogen-bond acceptors (Lipinski definition) is 3. The highest BCUT2D eigenvalue weighted by molar-refractivity contribution is 9.09. The van der Waals surface area contributed by atoms with Crippen LogP contribution in [0.5, 0.6) is 0 Å². The van der Waals surface area contributed by atoms with Crippen molar-refractivity contribution < 1.29 is 8.42 Å². The lowest BCUT2D eigenvalue weighted by Crippen LogP contribution is -2.32. The lowest BCUT2D eigenvalue weighted by Gasteiger charge is -2.14. The molecule has 0 fully saturated rings. The highest BCUT2D eigenvalue weighted by atomic mass is 79.9. The van der Waals surface area contributed by atoms with Crippen LogP contribution in [-0.2, 0) is 9.84 Å². The van der Waals surface area contributed by atoms with Crippen LogP contribution in [0.1, 0.15) is 27.2 Å². The molecular weight excluding hydrogens is 266 g/mol. The maximum Gasteiger partial charge on any atom is 0.151 e. The first-order valence-corrected chi connectivity index (χ1v) is 7.69. The average molecular weight is 286 g/mol. The molecule has 0 aliphatic rings. The van der Waals surface area contributed by atoms with Crippen molar-refractivity contribution >= 4 is 25.8 Å². The van der Waals surface area contributed by atoms with Gasteiger partial charge in [-0.3, -0.25) is 0 Å². The zero-order valence-corrected chi connectivity index (χ0v) is 11.5. The second kappa shape index (κ2) is 6.80. The minimum atomic E-state index is -2.82. The van der Waals surface area contributed by atoms with Crippen LogP contribution >= 0.6 is 15.9 Å². The van der Waals surface area contributed by atoms with Crippen LogP contribution in [0.3, 0.4) is 0 Å². The molecule has 0 radical (unpaired) electrons. The monoisotopic (exact) mass is 285 g/mol. The van der Waals surface area contributed by atoms with Crippen LogP contribution in [0.25, 0.3) is 0 Å². The van der Waals surface area contributed by atoms with Crippen LogP contribution < -0.4 is 5.32 Å². The summed E-state index contributed by atoms with van der Waals surface area (Å²) in [6.07, 6.45) is 1.01. The predicted octanol–water partition coefficient (Wildman–Crippen LogP) is 1.57. The number of rotatable bonds is 7. The largest absolute Gasteiger partial charge is 0.313 e. The van der Waals surface area contributed by atoms with Crippen molar-refractivity contribution in [3.05, 3.63) is 0 Å². The highest BCUT2D eigenvalue weighted by Gasteiger charge is 2.09. The molecule has 2 unspecified atom stereocenters. The van der Waals surface area contributed by atoms with E-state index in [1.54, 1.807) is 6.92 Å². The zero-order valence-electron chi connectivity index (χ0n) is 9.09. The summed E-state index contributed by atoms with van der Waals surface area (Å²) in [7, 11) is -2.82. The Labute approximate surface area is 95.7 Å². The summed E-state index contributed by atoms with van der Waals surface area (Å²) in [4.78, 5) is 0.466. The van der Waals surface area contributed by atoms with Gasteiger partial charge >= 0.3 is 0 Å². The summed E-state index contributed by atoms with van der Waals surface area (Å²) in [5.74, 6) is 0.475. The van der Waals surface area contributed by atoms with E-state index >= 15 is 0 Å². The molecule has 0 aromatic heterocycles. The van der Waals surface area contributed by atoms with Gasteiger partial charge in [-0.05, 0) is 13.3 Å². The average Bonchev–Trinajstić information content (AvgIpc) is 2.02. The first-order chi connectivity index (χ1) is 6.37. The highest BCUT2D eigenvalue weighted by Crippen LogP contribution is 2.06. The van der Waals surface area contributed by atoms with Crippen molar-refractivity contribution in [3.8, 4) is 0 Å². The van der Waals surface area contributed by atoms with Gasteiger partial charge in [0.25, 0.3) is 0 Å². The Morgan fingerprint density at radius 2 is 1.93 bits per heavy atom. The second-order valence-corrected chi connectivity index (χ2v) is 7.64. The molecule has 0 amide bonds. The number of halogens is 1. The molecule has 0 rings (SSSR count). The Bertz CT molecular complexity index is 239. The quantitative estimate of drug-likeness (QED) is 0.723. The zero-order chi connectivity index (χ0) is 11.2. The summed E-state index contributed by atoms with van der Waals surface area (Å²) >= 11 is 3.46. The molecule has 3 nitrogen and oxygen atoms in total. The standard InChI is InChI=1S/C9H20BrNO2S/c1-4-14(12,13)6-5-11-9(3)7-8(2)10/h8-9,11H,4-7H2,1-3H3. The fourth-order valence-corrected chi connectivity index (χ4v) is 2.45. The predicted molar refractivity (Wildman–Crippen MR) is 64.8 cm³/mol. The molecule has 1 N–H and O–H groups in total. The molecule has 0 saturated carbocycles. The van der Waals surface area contributed by atoms with E-state index in [1.807, 2.05) is 0 Å². The Morgan fingerprint density at radius 3 is 2.36 bits per heavy atom. The number of alkyl halides is 1. The van der Waals surface area contributed by atoms with Crippen LogP contribution in [-0.4, -0.2) is 37.3 Å². The van der Waals surface area contributed by atoms with Crippen LogP contribution in [0.15, 0.2) is 0 Å². The molecule has 14 heavy (non-hydrogen) atoms. The Morgan fingerprint density at radius 1 is 1.36 bits per heavy atom. The molecule has 0 aromatic rings. The number of hydrogen-bond donors (Lipinski definition) is 1. The van der Waals surface area contributed by atoms with Gasteiger partial charge in [-0.1, -0.05) is 29.8 Å². The minimum absolute atomic E-state index is 0.234. The van der Waals surface area contributed by atoms with Gasteiger partial charge in [0, 0.05) is 23.2 Å². The maximum absolute atomic E-state index is 11.2. The van der Waals surface area contributed by atoms with Crippen LogP contribution in [0.2, 0.25) is 0 Å². The summed E-state index contributed by atoms with van der Waals surface area (Å²) in [5.41, 5.74) is 0.